The van der Waals surface area contributed by atoms with Crippen LogP contribution in [-0.4, -0.2) is 50.4 Å². The summed E-state index contributed by atoms with van der Waals surface area (Å²) in [4.78, 5) is 24.1. The van der Waals surface area contributed by atoms with Gasteiger partial charge in [0.25, 0.3) is 5.91 Å². The molecule has 0 saturated carbocycles. The van der Waals surface area contributed by atoms with Gasteiger partial charge in [0.2, 0.25) is 5.67 Å². The lowest BCUT2D eigenvalue weighted by molar-refractivity contribution is -0.149. The van der Waals surface area contributed by atoms with E-state index in [1.54, 1.807) is 16.9 Å². The van der Waals surface area contributed by atoms with Gasteiger partial charge in [-0.25, -0.2) is 9.18 Å². The van der Waals surface area contributed by atoms with E-state index in [2.05, 4.69) is 5.10 Å². The van der Waals surface area contributed by atoms with E-state index < -0.39 is 24.1 Å². The predicted octanol–water partition coefficient (Wildman–Crippen LogP) is 1.10. The summed E-state index contributed by atoms with van der Waals surface area (Å²) >= 11 is 0. The van der Waals surface area contributed by atoms with Crippen molar-refractivity contribution >= 4 is 11.9 Å². The Labute approximate surface area is 109 Å². The second kappa shape index (κ2) is 4.64. The van der Waals surface area contributed by atoms with Crippen LogP contribution in [0.3, 0.4) is 0 Å². The van der Waals surface area contributed by atoms with Crippen LogP contribution in [0.4, 0.5) is 4.39 Å². The third-order valence-electron chi connectivity index (χ3n) is 3.25. The molecule has 1 aliphatic rings. The highest BCUT2D eigenvalue weighted by Gasteiger charge is 2.47. The SMILES string of the molecule is CC(C)n1ccc(C(=O)N2CCC(F)(C(=O)O)C2)n1. The minimum atomic E-state index is -2.34. The maximum absolute atomic E-state index is 13.9. The van der Waals surface area contributed by atoms with Crippen LogP contribution in [-0.2, 0) is 4.79 Å². The fourth-order valence-electron chi connectivity index (χ4n) is 2.02. The van der Waals surface area contributed by atoms with Gasteiger partial charge in [0.15, 0.2) is 0 Å². The average molecular weight is 269 g/mol. The third-order valence-corrected chi connectivity index (χ3v) is 3.25. The number of carbonyl (C=O) groups excluding carboxylic acids is 1. The van der Waals surface area contributed by atoms with Gasteiger partial charge in [-0.15, -0.1) is 0 Å². The molecule has 0 radical (unpaired) electrons. The fourth-order valence-corrected chi connectivity index (χ4v) is 2.02. The highest BCUT2D eigenvalue weighted by molar-refractivity contribution is 5.93. The second-order valence-electron chi connectivity index (χ2n) is 5.02. The summed E-state index contributed by atoms with van der Waals surface area (Å²) in [5.74, 6) is -1.95. The van der Waals surface area contributed by atoms with Gasteiger partial charge in [-0.3, -0.25) is 9.48 Å². The Balaban J connectivity index is 2.11. The van der Waals surface area contributed by atoms with Crippen LogP contribution in [0.15, 0.2) is 12.3 Å². The molecule has 19 heavy (non-hydrogen) atoms. The number of alkyl halides is 1. The molecule has 1 unspecified atom stereocenters. The molecule has 104 valence electrons. The summed E-state index contributed by atoms with van der Waals surface area (Å²) in [5.41, 5.74) is -2.13. The number of aromatic nitrogens is 2. The number of likely N-dealkylation sites (tertiary alicyclic amines) is 1. The Morgan fingerprint density at radius 1 is 1.53 bits per heavy atom. The number of hydrogen-bond acceptors (Lipinski definition) is 3. The molecular weight excluding hydrogens is 253 g/mol. The number of nitrogens with zero attached hydrogens (tertiary/aromatic N) is 3. The second-order valence-corrected chi connectivity index (χ2v) is 5.02. The van der Waals surface area contributed by atoms with Crippen molar-refractivity contribution in [2.75, 3.05) is 13.1 Å². The molecule has 1 fully saturated rings. The first-order chi connectivity index (χ1) is 8.83. The smallest absolute Gasteiger partial charge is 0.343 e. The van der Waals surface area contributed by atoms with E-state index >= 15 is 0 Å². The summed E-state index contributed by atoms with van der Waals surface area (Å²) in [7, 11) is 0. The third kappa shape index (κ3) is 2.45. The molecule has 1 atom stereocenters. The zero-order valence-corrected chi connectivity index (χ0v) is 10.8. The number of rotatable bonds is 3. The molecule has 0 aromatic carbocycles. The van der Waals surface area contributed by atoms with Crippen molar-refractivity contribution in [1.82, 2.24) is 14.7 Å². The van der Waals surface area contributed by atoms with Crippen molar-refractivity contribution in [1.29, 1.82) is 0 Å². The topological polar surface area (TPSA) is 75.4 Å². The van der Waals surface area contributed by atoms with Crippen molar-refractivity contribution in [3.8, 4) is 0 Å². The van der Waals surface area contributed by atoms with E-state index in [1.807, 2.05) is 13.8 Å². The molecular formula is C12H16FN3O3. The number of hydrogen-bond donors (Lipinski definition) is 1. The van der Waals surface area contributed by atoms with Crippen molar-refractivity contribution in [2.24, 2.45) is 0 Å². The van der Waals surface area contributed by atoms with E-state index in [9.17, 15) is 14.0 Å². The zero-order valence-electron chi connectivity index (χ0n) is 10.8. The summed E-state index contributed by atoms with van der Waals surface area (Å²) in [5, 5.41) is 12.9. The van der Waals surface area contributed by atoms with Gasteiger partial charge in [0.05, 0.1) is 6.54 Å². The Morgan fingerprint density at radius 2 is 2.21 bits per heavy atom. The largest absolute Gasteiger partial charge is 0.479 e. The molecule has 1 amide bonds. The predicted molar refractivity (Wildman–Crippen MR) is 64.6 cm³/mol. The maximum atomic E-state index is 13.9. The normalized spacial score (nSPS) is 23.1. The Morgan fingerprint density at radius 3 is 2.68 bits per heavy atom. The lowest BCUT2D eigenvalue weighted by Gasteiger charge is -2.16. The van der Waals surface area contributed by atoms with E-state index in [0.717, 1.165) is 0 Å². The molecule has 6 nitrogen and oxygen atoms in total. The fraction of sp³-hybridized carbons (Fsp3) is 0.583. The molecule has 1 aromatic rings. The van der Waals surface area contributed by atoms with Gasteiger partial charge in [0, 0.05) is 25.2 Å². The highest BCUT2D eigenvalue weighted by atomic mass is 19.1. The molecule has 0 aliphatic carbocycles. The number of carboxylic acid groups (broad SMARTS) is 1. The van der Waals surface area contributed by atoms with Gasteiger partial charge in [-0.2, -0.15) is 5.10 Å². The Kier molecular flexibility index (Phi) is 3.30. The van der Waals surface area contributed by atoms with Crippen molar-refractivity contribution < 1.29 is 19.1 Å². The van der Waals surface area contributed by atoms with Crippen molar-refractivity contribution in [3.05, 3.63) is 18.0 Å². The maximum Gasteiger partial charge on any atom is 0.343 e. The molecule has 1 N–H and O–H groups in total. The minimum Gasteiger partial charge on any atom is -0.479 e. The van der Waals surface area contributed by atoms with E-state index in [1.165, 1.54) is 4.90 Å². The highest BCUT2D eigenvalue weighted by Crippen LogP contribution is 2.26. The van der Waals surface area contributed by atoms with Gasteiger partial charge in [-0.05, 0) is 19.9 Å². The summed E-state index contributed by atoms with van der Waals surface area (Å²) < 4.78 is 15.5. The summed E-state index contributed by atoms with van der Waals surface area (Å²) in [6.07, 6.45) is 1.49. The Bertz CT molecular complexity index is 514. The zero-order chi connectivity index (χ0) is 14.2. The summed E-state index contributed by atoms with van der Waals surface area (Å²) in [6.45, 7) is 3.52. The van der Waals surface area contributed by atoms with E-state index in [4.69, 9.17) is 5.11 Å². The monoisotopic (exact) mass is 269 g/mol. The first kappa shape index (κ1) is 13.5. The number of halogens is 1. The van der Waals surface area contributed by atoms with Crippen LogP contribution in [0.1, 0.15) is 36.8 Å². The van der Waals surface area contributed by atoms with Crippen LogP contribution in [0.25, 0.3) is 0 Å². The van der Waals surface area contributed by atoms with Crippen LogP contribution < -0.4 is 0 Å². The molecule has 1 aromatic heterocycles. The minimum absolute atomic E-state index is 0.0934. The molecule has 1 saturated heterocycles. The molecule has 7 heteroatoms. The van der Waals surface area contributed by atoms with Crippen molar-refractivity contribution in [3.63, 3.8) is 0 Å². The number of aliphatic carboxylic acids is 1. The van der Waals surface area contributed by atoms with Crippen LogP contribution in [0.5, 0.6) is 0 Å². The number of carboxylic acids is 1. The van der Waals surface area contributed by atoms with Gasteiger partial charge in [-0.1, -0.05) is 0 Å². The van der Waals surface area contributed by atoms with Gasteiger partial charge >= 0.3 is 5.97 Å². The van der Waals surface area contributed by atoms with Crippen molar-refractivity contribution in [2.45, 2.75) is 32.0 Å². The lowest BCUT2D eigenvalue weighted by atomic mass is 10.1. The number of amides is 1. The van der Waals surface area contributed by atoms with E-state index in [0.29, 0.717) is 0 Å². The lowest BCUT2D eigenvalue weighted by Crippen LogP contribution is -2.39. The number of carbonyl (C=O) groups is 2. The van der Waals surface area contributed by atoms with Crippen LogP contribution in [0.2, 0.25) is 0 Å². The first-order valence-corrected chi connectivity index (χ1v) is 6.10. The average Bonchev–Trinajstić information content (AvgIpc) is 2.95. The van der Waals surface area contributed by atoms with Gasteiger partial charge < -0.3 is 10.0 Å². The molecule has 2 rings (SSSR count). The Hall–Kier alpha value is -1.92. The summed E-state index contributed by atoms with van der Waals surface area (Å²) in [6, 6.07) is 1.68. The standard InChI is InChI=1S/C12H16FN3O3/c1-8(2)16-5-3-9(14-16)10(17)15-6-4-12(13,7-15)11(18)19/h3,5,8H,4,6-7H2,1-2H3,(H,18,19). The molecule has 0 bridgehead atoms. The van der Waals surface area contributed by atoms with Crippen LogP contribution in [0, 0.1) is 0 Å². The van der Waals surface area contributed by atoms with E-state index in [-0.39, 0.29) is 24.7 Å². The van der Waals surface area contributed by atoms with Gasteiger partial charge in [0.1, 0.15) is 5.69 Å². The molecule has 1 aliphatic heterocycles. The van der Waals surface area contributed by atoms with Crippen LogP contribution >= 0.6 is 0 Å². The quantitative estimate of drug-likeness (QED) is 0.891. The molecule has 2 heterocycles. The molecule has 0 spiro atoms. The first-order valence-electron chi connectivity index (χ1n) is 6.10.